The van der Waals surface area contributed by atoms with E-state index in [0.717, 1.165) is 11.1 Å². The molecule has 30 heavy (non-hydrogen) atoms. The number of hydrogen-bond acceptors (Lipinski definition) is 7. The van der Waals surface area contributed by atoms with Crippen LogP contribution in [-0.4, -0.2) is 29.8 Å². The predicted octanol–water partition coefficient (Wildman–Crippen LogP) is 4.05. The Morgan fingerprint density at radius 1 is 0.933 bits per heavy atom. The normalized spacial score (nSPS) is 15.3. The fraction of sp³-hybridized carbons (Fsp3) is 0.261. The van der Waals surface area contributed by atoms with Gasteiger partial charge in [0.2, 0.25) is 0 Å². The molecular formula is C23H23NO6. The van der Waals surface area contributed by atoms with Gasteiger partial charge in [-0.05, 0) is 49.2 Å². The molecule has 0 bridgehead atoms. The van der Waals surface area contributed by atoms with E-state index in [2.05, 4.69) is 5.32 Å². The van der Waals surface area contributed by atoms with Crippen LogP contribution >= 0.6 is 0 Å². The van der Waals surface area contributed by atoms with E-state index in [4.69, 9.17) is 14.2 Å². The molecule has 0 aliphatic carbocycles. The number of hydrogen-bond donors (Lipinski definition) is 1. The third-order valence-electron chi connectivity index (χ3n) is 4.18. The van der Waals surface area contributed by atoms with Crippen LogP contribution in [-0.2, 0) is 23.8 Å². The molecule has 2 aromatic carbocycles. The molecule has 2 aromatic rings. The van der Waals surface area contributed by atoms with E-state index in [0.29, 0.717) is 11.3 Å². The molecular weight excluding hydrogens is 386 g/mol. The van der Waals surface area contributed by atoms with Crippen LogP contribution in [0, 0.1) is 0 Å². The van der Waals surface area contributed by atoms with Crippen molar-refractivity contribution in [2.24, 2.45) is 0 Å². The van der Waals surface area contributed by atoms with Crippen molar-refractivity contribution in [3.05, 3.63) is 65.9 Å². The van der Waals surface area contributed by atoms with Crippen molar-refractivity contribution in [3.63, 3.8) is 0 Å². The molecule has 1 heterocycles. The van der Waals surface area contributed by atoms with Gasteiger partial charge in [-0.1, -0.05) is 24.3 Å². The lowest BCUT2D eigenvalue weighted by Crippen LogP contribution is -2.42. The van der Waals surface area contributed by atoms with E-state index in [1.807, 2.05) is 24.3 Å². The van der Waals surface area contributed by atoms with E-state index in [-0.39, 0.29) is 17.6 Å². The minimum absolute atomic E-state index is 0.170. The van der Waals surface area contributed by atoms with Gasteiger partial charge in [0.25, 0.3) is 5.79 Å². The lowest BCUT2D eigenvalue weighted by atomic mass is 10.0. The number of carbonyl (C=O) groups is 3. The molecule has 0 radical (unpaired) electrons. The summed E-state index contributed by atoms with van der Waals surface area (Å²) in [5.74, 6) is -3.10. The first-order valence-corrected chi connectivity index (χ1v) is 9.49. The molecule has 1 saturated heterocycles. The van der Waals surface area contributed by atoms with E-state index in [9.17, 15) is 14.4 Å². The zero-order valence-corrected chi connectivity index (χ0v) is 17.2. The van der Waals surface area contributed by atoms with Crippen molar-refractivity contribution in [3.8, 4) is 11.1 Å². The lowest BCUT2D eigenvalue weighted by molar-refractivity contribution is -0.222. The van der Waals surface area contributed by atoms with E-state index in [1.54, 1.807) is 38.1 Å². The maximum Gasteiger partial charge on any atom is 0.350 e. The Hall–Kier alpha value is -3.61. The average molecular weight is 409 g/mol. The number of benzene rings is 2. The number of ether oxygens (including phenoxy) is 3. The average Bonchev–Trinajstić information content (AvgIpc) is 2.66. The number of nitrogens with one attached hydrogen (secondary N) is 1. The Bertz CT molecular complexity index is 965. The fourth-order valence-electron chi connectivity index (χ4n) is 2.77. The van der Waals surface area contributed by atoms with Crippen molar-refractivity contribution in [1.82, 2.24) is 0 Å². The van der Waals surface area contributed by atoms with Gasteiger partial charge < -0.3 is 19.5 Å². The van der Waals surface area contributed by atoms with Gasteiger partial charge in [-0.15, -0.1) is 0 Å². The summed E-state index contributed by atoms with van der Waals surface area (Å²) in [5.41, 5.74) is 2.83. The Morgan fingerprint density at radius 3 is 1.93 bits per heavy atom. The van der Waals surface area contributed by atoms with Crippen molar-refractivity contribution < 1.29 is 28.6 Å². The largest absolute Gasteiger partial charge is 0.459 e. The maximum absolute atomic E-state index is 12.0. The van der Waals surface area contributed by atoms with Crippen LogP contribution in [0.5, 0.6) is 0 Å². The summed E-state index contributed by atoms with van der Waals surface area (Å²) < 4.78 is 15.3. The molecule has 0 amide bonds. The number of rotatable bonds is 5. The molecule has 7 heteroatoms. The quantitative estimate of drug-likeness (QED) is 0.452. The molecule has 156 valence electrons. The fourth-order valence-corrected chi connectivity index (χ4v) is 2.77. The number of carbonyl (C=O) groups excluding carboxylic acids is 3. The Morgan fingerprint density at radius 2 is 1.43 bits per heavy atom. The van der Waals surface area contributed by atoms with Crippen LogP contribution in [0.1, 0.15) is 38.1 Å². The van der Waals surface area contributed by atoms with Crippen LogP contribution in [0.15, 0.2) is 60.3 Å². The molecule has 1 aliphatic heterocycles. The SMILES string of the molecule is CC(C)OC(=O)c1ccc(-c2ccc(NC=C3C(=O)OC(C)(C)OC3=O)cc2)cc1. The number of anilines is 1. The summed E-state index contributed by atoms with van der Waals surface area (Å²) in [6.07, 6.45) is 1.10. The molecule has 0 aromatic heterocycles. The van der Waals surface area contributed by atoms with Gasteiger partial charge in [-0.3, -0.25) is 0 Å². The highest BCUT2D eigenvalue weighted by molar-refractivity contribution is 6.15. The maximum atomic E-state index is 12.0. The third-order valence-corrected chi connectivity index (χ3v) is 4.18. The first-order chi connectivity index (χ1) is 14.1. The van der Waals surface area contributed by atoms with Gasteiger partial charge in [-0.2, -0.15) is 0 Å². The second-order valence-corrected chi connectivity index (χ2v) is 7.49. The minimum atomic E-state index is -1.27. The van der Waals surface area contributed by atoms with Crippen molar-refractivity contribution in [2.45, 2.75) is 39.6 Å². The Labute approximate surface area is 174 Å². The molecule has 1 N–H and O–H groups in total. The summed E-state index contributed by atoms with van der Waals surface area (Å²) in [7, 11) is 0. The lowest BCUT2D eigenvalue weighted by Gasteiger charge is -2.29. The number of esters is 3. The standard InChI is InChI=1S/C23H23NO6/c1-14(2)28-20(25)17-7-5-15(6-8-17)16-9-11-18(12-10-16)24-13-19-21(26)29-23(3,4)30-22(19)27/h5-14,24H,1-4H3. The zero-order valence-electron chi connectivity index (χ0n) is 17.2. The second-order valence-electron chi connectivity index (χ2n) is 7.49. The summed E-state index contributed by atoms with van der Waals surface area (Å²) in [6.45, 7) is 6.59. The molecule has 1 fully saturated rings. The van der Waals surface area contributed by atoms with Gasteiger partial charge in [0.1, 0.15) is 0 Å². The van der Waals surface area contributed by atoms with Gasteiger partial charge >= 0.3 is 17.9 Å². The summed E-state index contributed by atoms with van der Waals surface area (Å²) in [4.78, 5) is 35.8. The highest BCUT2D eigenvalue weighted by atomic mass is 16.7. The first kappa shape index (κ1) is 21.1. The van der Waals surface area contributed by atoms with E-state index in [1.165, 1.54) is 20.0 Å². The molecule has 1 aliphatic rings. The van der Waals surface area contributed by atoms with E-state index < -0.39 is 17.7 Å². The van der Waals surface area contributed by atoms with Crippen molar-refractivity contribution in [2.75, 3.05) is 5.32 Å². The third kappa shape index (κ3) is 5.05. The minimum Gasteiger partial charge on any atom is -0.459 e. The van der Waals surface area contributed by atoms with Crippen LogP contribution in [0.3, 0.4) is 0 Å². The Kier molecular flexibility index (Phi) is 5.91. The number of cyclic esters (lactones) is 2. The van der Waals surface area contributed by atoms with Crippen LogP contribution in [0.4, 0.5) is 5.69 Å². The molecule has 7 nitrogen and oxygen atoms in total. The van der Waals surface area contributed by atoms with Crippen LogP contribution in [0.25, 0.3) is 11.1 Å². The second kappa shape index (κ2) is 8.41. The monoisotopic (exact) mass is 409 g/mol. The highest BCUT2D eigenvalue weighted by Crippen LogP contribution is 2.24. The topological polar surface area (TPSA) is 90.9 Å². The summed E-state index contributed by atoms with van der Waals surface area (Å²) >= 11 is 0. The first-order valence-electron chi connectivity index (χ1n) is 9.49. The van der Waals surface area contributed by atoms with Crippen LogP contribution < -0.4 is 5.32 Å². The highest BCUT2D eigenvalue weighted by Gasteiger charge is 2.38. The van der Waals surface area contributed by atoms with Crippen molar-refractivity contribution in [1.29, 1.82) is 0 Å². The Balaban J connectivity index is 1.67. The summed E-state index contributed by atoms with van der Waals surface area (Å²) in [6, 6.07) is 14.5. The molecule has 0 spiro atoms. The van der Waals surface area contributed by atoms with Gasteiger partial charge in [-0.25, -0.2) is 14.4 Å². The van der Waals surface area contributed by atoms with Gasteiger partial charge in [0, 0.05) is 25.7 Å². The van der Waals surface area contributed by atoms with Gasteiger partial charge in [0.05, 0.1) is 11.7 Å². The van der Waals surface area contributed by atoms with Crippen molar-refractivity contribution >= 4 is 23.6 Å². The molecule has 3 rings (SSSR count). The van der Waals surface area contributed by atoms with E-state index >= 15 is 0 Å². The predicted molar refractivity (Wildman–Crippen MR) is 110 cm³/mol. The molecule has 0 saturated carbocycles. The smallest absolute Gasteiger partial charge is 0.350 e. The zero-order chi connectivity index (χ0) is 21.9. The summed E-state index contributed by atoms with van der Waals surface area (Å²) in [5, 5.41) is 2.90. The molecule has 0 unspecified atom stereocenters. The van der Waals surface area contributed by atoms with Gasteiger partial charge in [0.15, 0.2) is 5.57 Å². The van der Waals surface area contributed by atoms with Crippen LogP contribution in [0.2, 0.25) is 0 Å². The molecule has 0 atom stereocenters.